The number of aryl methyl sites for hydroxylation is 1. The summed E-state index contributed by atoms with van der Waals surface area (Å²) >= 11 is 0. The van der Waals surface area contributed by atoms with Crippen LogP contribution in [0, 0.1) is 6.92 Å². The SMILES string of the molecule is CC(C)(C)c1cc(C=N[C@H]2CCCC[C@@H]2N=Cc2cc(C(C)(C)C)cc(C(C)(C)C)c2O)c(O)c(C(C)(C)C)c1.Cc1ccc(S(=O)(=O)[O-])cc1.O.[Co]. The number of hydrogen-bond donors (Lipinski definition) is 2. The minimum atomic E-state index is -4.27. The molecule has 0 heterocycles. The first-order valence-corrected chi connectivity index (χ1v) is 19.5. The van der Waals surface area contributed by atoms with E-state index < -0.39 is 10.1 Å². The van der Waals surface area contributed by atoms with Crippen molar-refractivity contribution in [2.45, 2.75) is 154 Å². The molecule has 1 fully saturated rings. The largest absolute Gasteiger partial charge is 0.744 e. The van der Waals surface area contributed by atoms with E-state index in [9.17, 15) is 23.2 Å². The van der Waals surface area contributed by atoms with Gasteiger partial charge in [0.2, 0.25) is 0 Å². The second-order valence-corrected chi connectivity index (χ2v) is 19.5. The molecule has 0 aliphatic heterocycles. The van der Waals surface area contributed by atoms with E-state index >= 15 is 0 Å². The average Bonchev–Trinajstić information content (AvgIpc) is 2.98. The molecule has 53 heavy (non-hydrogen) atoms. The summed E-state index contributed by atoms with van der Waals surface area (Å²) in [6, 6.07) is 14.3. The number of rotatable bonds is 5. The van der Waals surface area contributed by atoms with E-state index in [1.54, 1.807) is 12.1 Å². The molecular weight excluding hydrogens is 731 g/mol. The first-order chi connectivity index (χ1) is 23.2. The molecule has 0 saturated heterocycles. The Morgan fingerprint density at radius 2 is 0.981 bits per heavy atom. The second-order valence-electron chi connectivity index (χ2n) is 18.2. The van der Waals surface area contributed by atoms with Crippen molar-refractivity contribution in [3.05, 3.63) is 87.5 Å². The molecule has 297 valence electrons. The number of benzene rings is 3. The molecular formula is C43H63CoN2O6S-. The summed E-state index contributed by atoms with van der Waals surface area (Å²) in [5.41, 5.74) is 6.32. The van der Waals surface area contributed by atoms with Crippen molar-refractivity contribution in [3.63, 3.8) is 0 Å². The van der Waals surface area contributed by atoms with Gasteiger partial charge in [0, 0.05) is 51.5 Å². The zero-order chi connectivity index (χ0) is 38.7. The fraction of sp³-hybridized carbons (Fsp3) is 0.535. The first-order valence-electron chi connectivity index (χ1n) is 18.0. The van der Waals surface area contributed by atoms with Crippen LogP contribution in [0.15, 0.2) is 63.4 Å². The molecule has 4 rings (SSSR count). The fourth-order valence-electron chi connectivity index (χ4n) is 6.02. The smallest absolute Gasteiger partial charge is 0.128 e. The fourth-order valence-corrected chi connectivity index (χ4v) is 6.49. The van der Waals surface area contributed by atoms with Crippen LogP contribution in [0.25, 0.3) is 0 Å². The number of aliphatic imine (C=N–C) groups is 2. The number of nitrogens with zero attached hydrogens (tertiary/aromatic N) is 2. The first kappa shape index (κ1) is 48.0. The van der Waals surface area contributed by atoms with Crippen molar-refractivity contribution in [2.75, 3.05) is 0 Å². The van der Waals surface area contributed by atoms with Crippen molar-refractivity contribution in [3.8, 4) is 11.5 Å². The van der Waals surface area contributed by atoms with E-state index in [4.69, 9.17) is 9.98 Å². The van der Waals surface area contributed by atoms with Gasteiger partial charge in [-0.3, -0.25) is 9.98 Å². The Labute approximate surface area is 329 Å². The predicted molar refractivity (Wildman–Crippen MR) is 215 cm³/mol. The van der Waals surface area contributed by atoms with Gasteiger partial charge in [0.05, 0.1) is 17.0 Å². The molecule has 3 aromatic rings. The molecule has 4 N–H and O–H groups in total. The van der Waals surface area contributed by atoms with Crippen LogP contribution in [0.2, 0.25) is 0 Å². The van der Waals surface area contributed by atoms with Crippen LogP contribution in [-0.2, 0) is 48.6 Å². The number of hydrogen-bond acceptors (Lipinski definition) is 7. The third kappa shape index (κ3) is 13.4. The van der Waals surface area contributed by atoms with Crippen LogP contribution >= 0.6 is 0 Å². The van der Waals surface area contributed by atoms with Gasteiger partial charge in [-0.25, -0.2) is 8.42 Å². The summed E-state index contributed by atoms with van der Waals surface area (Å²) in [6.45, 7) is 27.8. The van der Waals surface area contributed by atoms with E-state index in [2.05, 4.69) is 107 Å². The Morgan fingerprint density at radius 1 is 0.642 bits per heavy atom. The molecule has 8 nitrogen and oxygen atoms in total. The molecule has 3 aromatic carbocycles. The topological polar surface area (TPSA) is 154 Å². The van der Waals surface area contributed by atoms with Gasteiger partial charge in [-0.2, -0.15) is 0 Å². The molecule has 0 bridgehead atoms. The summed E-state index contributed by atoms with van der Waals surface area (Å²) in [5.74, 6) is 0.637. The molecule has 1 aliphatic carbocycles. The Kier molecular flexibility index (Phi) is 16.4. The predicted octanol–water partition coefficient (Wildman–Crippen LogP) is 9.21. The van der Waals surface area contributed by atoms with Gasteiger partial charge in [-0.05, 0) is 76.8 Å². The minimum absolute atomic E-state index is 0. The Balaban J connectivity index is 0.000000926. The molecule has 0 spiro atoms. The van der Waals surface area contributed by atoms with Gasteiger partial charge in [-0.15, -0.1) is 0 Å². The number of phenols is 2. The summed E-state index contributed by atoms with van der Waals surface area (Å²) in [5, 5.41) is 22.5. The van der Waals surface area contributed by atoms with Crippen LogP contribution in [-0.4, -0.2) is 53.2 Å². The number of phenolic OH excluding ortho intramolecular Hbond substituents is 2. The summed E-state index contributed by atoms with van der Waals surface area (Å²) in [4.78, 5) is 9.88. The normalized spacial score (nSPS) is 17.2. The van der Waals surface area contributed by atoms with Gasteiger partial charge in [-0.1, -0.05) is 126 Å². The Morgan fingerprint density at radius 3 is 1.26 bits per heavy atom. The van der Waals surface area contributed by atoms with Crippen LogP contribution in [0.3, 0.4) is 0 Å². The van der Waals surface area contributed by atoms with Crippen molar-refractivity contribution >= 4 is 22.5 Å². The molecule has 0 unspecified atom stereocenters. The average molecular weight is 795 g/mol. The van der Waals surface area contributed by atoms with Crippen molar-refractivity contribution in [2.24, 2.45) is 9.98 Å². The minimum Gasteiger partial charge on any atom is -0.744 e. The van der Waals surface area contributed by atoms with Crippen molar-refractivity contribution in [1.29, 1.82) is 0 Å². The maximum Gasteiger partial charge on any atom is 0.128 e. The van der Waals surface area contributed by atoms with Crippen LogP contribution < -0.4 is 0 Å². The van der Waals surface area contributed by atoms with Gasteiger partial charge in [0.25, 0.3) is 0 Å². The van der Waals surface area contributed by atoms with Gasteiger partial charge in [0.15, 0.2) is 0 Å². The van der Waals surface area contributed by atoms with Gasteiger partial charge < -0.3 is 20.2 Å². The molecule has 1 saturated carbocycles. The molecule has 10 heteroatoms. The van der Waals surface area contributed by atoms with E-state index in [1.165, 1.54) is 23.3 Å². The molecule has 1 radical (unpaired) electrons. The van der Waals surface area contributed by atoms with E-state index in [1.807, 2.05) is 19.4 Å². The quantitative estimate of drug-likeness (QED) is 0.195. The Bertz CT molecular complexity index is 1740. The van der Waals surface area contributed by atoms with E-state index in [0.717, 1.165) is 53.5 Å². The Hall–Kier alpha value is -3.02. The second kappa shape index (κ2) is 18.1. The third-order valence-corrected chi connectivity index (χ3v) is 10.3. The molecule has 2 atom stereocenters. The molecule has 0 aromatic heterocycles. The monoisotopic (exact) mass is 794 g/mol. The van der Waals surface area contributed by atoms with Crippen molar-refractivity contribution < 1.29 is 45.4 Å². The zero-order valence-electron chi connectivity index (χ0n) is 34.0. The standard InChI is InChI=1S/C36H54N2O2.C7H8O3S.Co.H2O/c1-33(2,3)25-17-23(31(39)27(19-25)35(7,8)9)21-37-29-15-13-14-16-30(29)38-22-24-18-26(34(4,5)6)20-28(32(24)40)36(10,11)12;1-6-2-4-7(5-3-6)11(8,9)10;;/h17-22,29-30,39-40H,13-16H2,1-12H3;2-5H,1H3,(H,8,9,10);;1H2/p-1/t29-,30-;;;/m0.../s1. The summed E-state index contributed by atoms with van der Waals surface area (Å²) in [7, 11) is -4.27. The zero-order valence-corrected chi connectivity index (χ0v) is 35.9. The summed E-state index contributed by atoms with van der Waals surface area (Å²) < 4.78 is 31.2. The van der Waals surface area contributed by atoms with Gasteiger partial charge >= 0.3 is 0 Å². The van der Waals surface area contributed by atoms with Crippen LogP contribution in [0.1, 0.15) is 148 Å². The maximum absolute atomic E-state index is 11.2. The molecule has 1 aliphatic rings. The van der Waals surface area contributed by atoms with Gasteiger partial charge in [0.1, 0.15) is 21.6 Å². The third-order valence-electron chi connectivity index (χ3n) is 9.44. The maximum atomic E-state index is 11.2. The molecule has 0 amide bonds. The van der Waals surface area contributed by atoms with Crippen molar-refractivity contribution in [1.82, 2.24) is 0 Å². The van der Waals surface area contributed by atoms with E-state index in [-0.39, 0.29) is 60.9 Å². The summed E-state index contributed by atoms with van der Waals surface area (Å²) in [6.07, 6.45) is 7.90. The van der Waals surface area contributed by atoms with E-state index in [0.29, 0.717) is 11.5 Å². The van der Waals surface area contributed by atoms with Crippen LogP contribution in [0.4, 0.5) is 0 Å². The van der Waals surface area contributed by atoms with Crippen LogP contribution in [0.5, 0.6) is 11.5 Å². The number of aromatic hydroxyl groups is 2.